The highest BCUT2D eigenvalue weighted by Crippen LogP contribution is 2.34. The molecule has 0 unspecified atom stereocenters. The van der Waals surface area contributed by atoms with Crippen molar-refractivity contribution in [3.63, 3.8) is 0 Å². The average Bonchev–Trinajstić information content (AvgIpc) is 2.54. The van der Waals surface area contributed by atoms with Gasteiger partial charge in [-0.15, -0.1) is 0 Å². The number of ether oxygens (including phenoxy) is 1. The smallest absolute Gasteiger partial charge is 0.150 e. The zero-order chi connectivity index (χ0) is 14.8. The van der Waals surface area contributed by atoms with Gasteiger partial charge in [-0.05, 0) is 52.6 Å². The van der Waals surface area contributed by atoms with Gasteiger partial charge in [0, 0.05) is 5.56 Å². The van der Waals surface area contributed by atoms with Crippen LogP contribution < -0.4 is 4.74 Å². The van der Waals surface area contributed by atoms with Crippen LogP contribution >= 0.6 is 0 Å². The van der Waals surface area contributed by atoms with Gasteiger partial charge in [-0.1, -0.05) is 36.4 Å². The standard InChI is InChI=1S/C19H16O2/c1-13-7-8-14-5-3-4-6-17(14)19(13)18-10-9-16(21-2)11-15(18)12-20/h3-12H,1-2H3. The van der Waals surface area contributed by atoms with Gasteiger partial charge in [-0.2, -0.15) is 0 Å². The van der Waals surface area contributed by atoms with E-state index in [9.17, 15) is 4.79 Å². The summed E-state index contributed by atoms with van der Waals surface area (Å²) in [6.45, 7) is 2.07. The predicted octanol–water partition coefficient (Wildman–Crippen LogP) is 4.64. The Morgan fingerprint density at radius 2 is 1.81 bits per heavy atom. The van der Waals surface area contributed by atoms with Crippen molar-refractivity contribution in [1.29, 1.82) is 0 Å². The van der Waals surface area contributed by atoms with Gasteiger partial charge < -0.3 is 4.74 Å². The van der Waals surface area contributed by atoms with Crippen molar-refractivity contribution in [1.82, 2.24) is 0 Å². The maximum Gasteiger partial charge on any atom is 0.150 e. The second-order valence-electron chi connectivity index (χ2n) is 5.05. The molecule has 0 aromatic heterocycles. The molecule has 3 rings (SSSR count). The molecule has 0 aliphatic rings. The third-order valence-electron chi connectivity index (χ3n) is 3.79. The second kappa shape index (κ2) is 5.41. The third kappa shape index (κ3) is 2.29. The lowest BCUT2D eigenvalue weighted by Crippen LogP contribution is -1.93. The van der Waals surface area contributed by atoms with Gasteiger partial charge in [0.1, 0.15) is 5.75 Å². The van der Waals surface area contributed by atoms with E-state index in [0.29, 0.717) is 11.3 Å². The van der Waals surface area contributed by atoms with E-state index in [1.807, 2.05) is 24.3 Å². The molecule has 2 nitrogen and oxygen atoms in total. The normalized spacial score (nSPS) is 10.6. The first-order valence-electron chi connectivity index (χ1n) is 6.86. The molecule has 3 aromatic rings. The minimum atomic E-state index is 0.647. The quantitative estimate of drug-likeness (QED) is 0.652. The fourth-order valence-electron chi connectivity index (χ4n) is 2.73. The minimum Gasteiger partial charge on any atom is -0.497 e. The van der Waals surface area contributed by atoms with Crippen molar-refractivity contribution in [2.75, 3.05) is 7.11 Å². The molecule has 2 heteroatoms. The summed E-state index contributed by atoms with van der Waals surface area (Å²) in [7, 11) is 1.60. The second-order valence-corrected chi connectivity index (χ2v) is 5.05. The summed E-state index contributed by atoms with van der Waals surface area (Å²) >= 11 is 0. The maximum atomic E-state index is 11.5. The number of rotatable bonds is 3. The first-order chi connectivity index (χ1) is 10.2. The van der Waals surface area contributed by atoms with Crippen molar-refractivity contribution < 1.29 is 9.53 Å². The lowest BCUT2D eigenvalue weighted by molar-refractivity contribution is 0.112. The van der Waals surface area contributed by atoms with E-state index in [2.05, 4.69) is 31.2 Å². The molecule has 0 spiro atoms. The molecule has 0 N–H and O–H groups in total. The fourth-order valence-corrected chi connectivity index (χ4v) is 2.73. The summed E-state index contributed by atoms with van der Waals surface area (Å²) in [5.74, 6) is 0.693. The van der Waals surface area contributed by atoms with Crippen molar-refractivity contribution in [2.24, 2.45) is 0 Å². The van der Waals surface area contributed by atoms with Crippen LogP contribution in [0.2, 0.25) is 0 Å². The van der Waals surface area contributed by atoms with Crippen LogP contribution in [-0.4, -0.2) is 13.4 Å². The third-order valence-corrected chi connectivity index (χ3v) is 3.79. The van der Waals surface area contributed by atoms with Crippen LogP contribution in [0.4, 0.5) is 0 Å². The van der Waals surface area contributed by atoms with Crippen LogP contribution in [0.1, 0.15) is 15.9 Å². The van der Waals surface area contributed by atoms with Crippen molar-refractivity contribution in [3.05, 3.63) is 65.7 Å². The molecular formula is C19H16O2. The van der Waals surface area contributed by atoms with Gasteiger partial charge in [-0.3, -0.25) is 4.79 Å². The number of hydrogen-bond acceptors (Lipinski definition) is 2. The lowest BCUT2D eigenvalue weighted by Gasteiger charge is -2.13. The zero-order valence-corrected chi connectivity index (χ0v) is 12.1. The predicted molar refractivity (Wildman–Crippen MR) is 86.1 cm³/mol. The summed E-state index contributed by atoms with van der Waals surface area (Å²) in [5, 5.41) is 2.33. The highest BCUT2D eigenvalue weighted by molar-refractivity contribution is 6.02. The molecule has 0 fully saturated rings. The van der Waals surface area contributed by atoms with Crippen molar-refractivity contribution in [2.45, 2.75) is 6.92 Å². The number of hydrogen-bond donors (Lipinski definition) is 0. The largest absolute Gasteiger partial charge is 0.497 e. The number of fused-ring (bicyclic) bond motifs is 1. The van der Waals surface area contributed by atoms with E-state index in [1.165, 1.54) is 5.39 Å². The van der Waals surface area contributed by atoms with Crippen LogP contribution in [0.15, 0.2) is 54.6 Å². The van der Waals surface area contributed by atoms with E-state index in [4.69, 9.17) is 4.74 Å². The first kappa shape index (κ1) is 13.4. The summed E-state index contributed by atoms with van der Waals surface area (Å²) < 4.78 is 5.21. The van der Waals surface area contributed by atoms with Gasteiger partial charge in [0.05, 0.1) is 7.11 Å². The summed E-state index contributed by atoms with van der Waals surface area (Å²) in [5.41, 5.74) is 3.86. The van der Waals surface area contributed by atoms with E-state index < -0.39 is 0 Å². The van der Waals surface area contributed by atoms with Crippen LogP contribution in [0, 0.1) is 6.92 Å². The van der Waals surface area contributed by atoms with Crippen LogP contribution in [0.5, 0.6) is 5.75 Å². The Bertz CT molecular complexity index is 819. The Labute approximate surface area is 124 Å². The van der Waals surface area contributed by atoms with Gasteiger partial charge in [-0.25, -0.2) is 0 Å². The highest BCUT2D eigenvalue weighted by Gasteiger charge is 2.12. The van der Waals surface area contributed by atoms with E-state index in [0.717, 1.165) is 28.4 Å². The molecule has 0 saturated heterocycles. The minimum absolute atomic E-state index is 0.647. The molecule has 3 aromatic carbocycles. The Morgan fingerprint density at radius 3 is 2.57 bits per heavy atom. The number of aryl methyl sites for hydroxylation is 1. The highest BCUT2D eigenvalue weighted by atomic mass is 16.5. The first-order valence-corrected chi connectivity index (χ1v) is 6.86. The molecule has 0 bridgehead atoms. The molecule has 0 heterocycles. The summed E-state index contributed by atoms with van der Waals surface area (Å²) in [4.78, 5) is 11.5. The summed E-state index contributed by atoms with van der Waals surface area (Å²) in [6.07, 6.45) is 0.888. The van der Waals surface area contributed by atoms with Crippen molar-refractivity contribution >= 4 is 17.1 Å². The van der Waals surface area contributed by atoms with Gasteiger partial charge in [0.15, 0.2) is 6.29 Å². The SMILES string of the molecule is COc1ccc(-c2c(C)ccc3ccccc23)c(C=O)c1. The molecule has 0 amide bonds. The number of carbonyl (C=O) groups is 1. The molecule has 104 valence electrons. The Kier molecular flexibility index (Phi) is 3.44. The van der Waals surface area contributed by atoms with Gasteiger partial charge in [0.2, 0.25) is 0 Å². The lowest BCUT2D eigenvalue weighted by atomic mass is 9.91. The van der Waals surface area contributed by atoms with Crippen LogP contribution in [0.3, 0.4) is 0 Å². The maximum absolute atomic E-state index is 11.5. The fraction of sp³-hybridized carbons (Fsp3) is 0.105. The number of benzene rings is 3. The van der Waals surface area contributed by atoms with Gasteiger partial charge >= 0.3 is 0 Å². The van der Waals surface area contributed by atoms with Crippen LogP contribution in [-0.2, 0) is 0 Å². The van der Waals surface area contributed by atoms with E-state index in [-0.39, 0.29) is 0 Å². The summed E-state index contributed by atoms with van der Waals surface area (Å²) in [6, 6.07) is 18.1. The Balaban J connectivity index is 2.35. The molecular weight excluding hydrogens is 260 g/mol. The average molecular weight is 276 g/mol. The molecule has 21 heavy (non-hydrogen) atoms. The zero-order valence-electron chi connectivity index (χ0n) is 12.1. The molecule has 0 aliphatic heterocycles. The Hall–Kier alpha value is -2.61. The number of aldehydes is 1. The van der Waals surface area contributed by atoms with E-state index >= 15 is 0 Å². The van der Waals surface area contributed by atoms with E-state index in [1.54, 1.807) is 13.2 Å². The Morgan fingerprint density at radius 1 is 1.00 bits per heavy atom. The van der Waals surface area contributed by atoms with Crippen LogP contribution in [0.25, 0.3) is 21.9 Å². The van der Waals surface area contributed by atoms with Gasteiger partial charge in [0.25, 0.3) is 0 Å². The molecule has 0 atom stereocenters. The number of methoxy groups -OCH3 is 1. The monoisotopic (exact) mass is 276 g/mol. The number of carbonyl (C=O) groups excluding carboxylic acids is 1. The van der Waals surface area contributed by atoms with Crippen molar-refractivity contribution in [3.8, 4) is 16.9 Å². The topological polar surface area (TPSA) is 26.3 Å². The molecule has 0 saturated carbocycles. The molecule has 0 radical (unpaired) electrons. The molecule has 0 aliphatic carbocycles.